The molecule has 0 saturated heterocycles. The van der Waals surface area contributed by atoms with Gasteiger partial charge in [-0.1, -0.05) is 24.2 Å². The molecule has 162 valence electrons. The van der Waals surface area contributed by atoms with Crippen LogP contribution in [-0.4, -0.2) is 41.9 Å². The molecule has 1 aromatic carbocycles. The number of hydrogen-bond acceptors (Lipinski definition) is 7. The summed E-state index contributed by atoms with van der Waals surface area (Å²) in [6, 6.07) is 6.58. The fourth-order valence-corrected chi connectivity index (χ4v) is 2.63. The monoisotopic (exact) mass is 437 g/mol. The van der Waals surface area contributed by atoms with Gasteiger partial charge in [0.15, 0.2) is 0 Å². The molecule has 10 heteroatoms. The molecular weight excluding hydrogens is 414 g/mol. The van der Waals surface area contributed by atoms with Crippen LogP contribution < -0.4 is 10.7 Å². The maximum Gasteiger partial charge on any atom is 0.513 e. The maximum absolute atomic E-state index is 12.7. The number of ether oxygens (including phenoxy) is 3. The van der Waals surface area contributed by atoms with Crippen LogP contribution in [0.2, 0.25) is 5.02 Å². The van der Waals surface area contributed by atoms with Crippen LogP contribution in [0.3, 0.4) is 0 Å². The van der Waals surface area contributed by atoms with E-state index < -0.39 is 30.4 Å². The maximum atomic E-state index is 12.7. The Morgan fingerprint density at radius 3 is 2.47 bits per heavy atom. The number of rotatable bonds is 7. The van der Waals surface area contributed by atoms with Crippen molar-refractivity contribution in [2.24, 2.45) is 0 Å². The van der Waals surface area contributed by atoms with Crippen LogP contribution in [0.1, 0.15) is 27.7 Å². The minimum absolute atomic E-state index is 0.0223. The lowest BCUT2D eigenvalue weighted by Gasteiger charge is -2.26. The van der Waals surface area contributed by atoms with E-state index in [2.05, 4.69) is 17.3 Å². The first-order valence-electron chi connectivity index (χ1n) is 9.20. The van der Waals surface area contributed by atoms with Crippen LogP contribution in [0.4, 0.5) is 15.3 Å². The van der Waals surface area contributed by atoms with Crippen LogP contribution in [-0.2, 0) is 19.0 Å². The highest BCUT2D eigenvalue weighted by molar-refractivity contribution is 6.30. The summed E-state index contributed by atoms with van der Waals surface area (Å²) in [6.45, 7) is 10.4. The van der Waals surface area contributed by atoms with Gasteiger partial charge in [0.25, 0.3) is 5.91 Å². The van der Waals surface area contributed by atoms with E-state index in [1.807, 2.05) is 0 Å². The third-order valence-electron chi connectivity index (χ3n) is 3.60. The quantitative estimate of drug-likeness (QED) is 0.491. The van der Waals surface area contributed by atoms with Gasteiger partial charge in [-0.25, -0.2) is 9.59 Å². The highest BCUT2D eigenvalue weighted by Crippen LogP contribution is 2.26. The van der Waals surface area contributed by atoms with Crippen molar-refractivity contribution < 1.29 is 28.6 Å². The van der Waals surface area contributed by atoms with Crippen molar-refractivity contribution in [2.75, 3.05) is 12.0 Å². The largest absolute Gasteiger partial charge is 0.513 e. The standard InChI is InChI=1S/C20H24ClN3O6/c1-11(2)28-19(26)24(23-15-8-6-7-14(21)9-15)13(5)17-16(10-22-18(17)25)30-20(27)29-12(3)4/h6-9,11-12,23H,5,10H2,1-4H3,(H,22,25). The van der Waals surface area contributed by atoms with Crippen molar-refractivity contribution in [3.63, 3.8) is 0 Å². The molecule has 9 nitrogen and oxygen atoms in total. The first-order chi connectivity index (χ1) is 14.1. The summed E-state index contributed by atoms with van der Waals surface area (Å²) in [5.74, 6) is -0.589. The molecule has 1 aliphatic rings. The molecule has 0 aliphatic carbocycles. The van der Waals surface area contributed by atoms with Crippen molar-refractivity contribution in [3.8, 4) is 0 Å². The summed E-state index contributed by atoms with van der Waals surface area (Å²) < 4.78 is 15.3. The Morgan fingerprint density at radius 1 is 1.20 bits per heavy atom. The number of carbonyl (C=O) groups excluding carboxylic acids is 3. The number of nitrogens with one attached hydrogen (secondary N) is 2. The fraction of sp³-hybridized carbons (Fsp3) is 0.350. The molecule has 2 amide bonds. The fourth-order valence-electron chi connectivity index (χ4n) is 2.44. The SMILES string of the molecule is C=C(C1=C(OC(=O)OC(C)C)CNC1=O)N(Nc1cccc(Cl)c1)C(=O)OC(C)C. The Bertz CT molecular complexity index is 881. The Balaban J connectivity index is 2.36. The molecule has 30 heavy (non-hydrogen) atoms. The number of hydrogen-bond donors (Lipinski definition) is 2. The number of nitrogens with zero attached hydrogens (tertiary/aromatic N) is 1. The van der Waals surface area contributed by atoms with E-state index in [9.17, 15) is 14.4 Å². The average Bonchev–Trinajstić information content (AvgIpc) is 2.98. The predicted octanol–water partition coefficient (Wildman–Crippen LogP) is 3.97. The number of carbonyl (C=O) groups is 3. The van der Waals surface area contributed by atoms with Gasteiger partial charge >= 0.3 is 12.2 Å². The molecule has 0 aromatic heterocycles. The molecule has 0 atom stereocenters. The second-order valence-corrected chi connectivity index (χ2v) is 7.27. The second-order valence-electron chi connectivity index (χ2n) is 6.84. The van der Waals surface area contributed by atoms with Gasteiger partial charge in [0, 0.05) is 5.02 Å². The topological polar surface area (TPSA) is 106 Å². The molecule has 1 aromatic rings. The highest BCUT2D eigenvalue weighted by Gasteiger charge is 2.34. The molecule has 1 aliphatic heterocycles. The van der Waals surface area contributed by atoms with E-state index in [0.29, 0.717) is 10.7 Å². The zero-order valence-electron chi connectivity index (χ0n) is 17.2. The lowest BCUT2D eigenvalue weighted by molar-refractivity contribution is -0.116. The number of anilines is 1. The van der Waals surface area contributed by atoms with Crippen LogP contribution in [0.15, 0.2) is 47.9 Å². The molecule has 0 radical (unpaired) electrons. The third kappa shape index (κ3) is 6.15. The zero-order chi connectivity index (χ0) is 22.4. The van der Waals surface area contributed by atoms with Crippen molar-refractivity contribution >= 4 is 35.4 Å². The first-order valence-corrected chi connectivity index (χ1v) is 9.58. The number of benzene rings is 1. The molecular formula is C20H24ClN3O6. The Labute approximate surface area is 179 Å². The molecule has 1 heterocycles. The molecule has 2 rings (SSSR count). The summed E-state index contributed by atoms with van der Waals surface area (Å²) in [5, 5.41) is 3.91. The van der Waals surface area contributed by atoms with Crippen molar-refractivity contribution in [1.82, 2.24) is 10.3 Å². The van der Waals surface area contributed by atoms with Crippen LogP contribution in [0.5, 0.6) is 0 Å². The number of amides is 2. The average molecular weight is 438 g/mol. The van der Waals surface area contributed by atoms with Gasteiger partial charge < -0.3 is 19.5 Å². The Kier molecular flexibility index (Phi) is 7.71. The van der Waals surface area contributed by atoms with Crippen molar-refractivity contribution in [1.29, 1.82) is 0 Å². The number of hydrazine groups is 1. The summed E-state index contributed by atoms with van der Waals surface area (Å²) >= 11 is 6.00. The molecule has 0 bridgehead atoms. The normalized spacial score (nSPS) is 13.2. The van der Waals surface area contributed by atoms with E-state index in [1.54, 1.807) is 52.0 Å². The molecule has 0 saturated carbocycles. The summed E-state index contributed by atoms with van der Waals surface area (Å²) in [7, 11) is 0. The lowest BCUT2D eigenvalue weighted by atomic mass is 10.2. The van der Waals surface area contributed by atoms with Crippen LogP contribution >= 0.6 is 11.6 Å². The minimum Gasteiger partial charge on any atom is -0.445 e. The smallest absolute Gasteiger partial charge is 0.445 e. The van der Waals surface area contributed by atoms with Gasteiger partial charge in [-0.05, 0) is 45.9 Å². The van der Waals surface area contributed by atoms with Gasteiger partial charge in [-0.3, -0.25) is 10.2 Å². The third-order valence-corrected chi connectivity index (χ3v) is 3.83. The summed E-state index contributed by atoms with van der Waals surface area (Å²) in [4.78, 5) is 37.0. The Morgan fingerprint density at radius 2 is 1.87 bits per heavy atom. The molecule has 0 unspecified atom stereocenters. The van der Waals surface area contributed by atoms with Crippen LogP contribution in [0, 0.1) is 0 Å². The zero-order valence-corrected chi connectivity index (χ0v) is 17.9. The summed E-state index contributed by atoms with van der Waals surface area (Å²) in [5.41, 5.74) is 3.09. The van der Waals surface area contributed by atoms with Crippen molar-refractivity contribution in [2.45, 2.75) is 39.9 Å². The second kappa shape index (κ2) is 10.0. The number of halogens is 1. The molecule has 0 fully saturated rings. The van der Waals surface area contributed by atoms with Crippen molar-refractivity contribution in [3.05, 3.63) is 52.9 Å². The van der Waals surface area contributed by atoms with Gasteiger partial charge in [0.2, 0.25) is 0 Å². The van der Waals surface area contributed by atoms with E-state index in [0.717, 1.165) is 5.01 Å². The van der Waals surface area contributed by atoms with E-state index in [1.165, 1.54) is 0 Å². The highest BCUT2D eigenvalue weighted by atomic mass is 35.5. The van der Waals surface area contributed by atoms with Gasteiger partial charge in [0.05, 0.1) is 30.1 Å². The van der Waals surface area contributed by atoms with Crippen LogP contribution in [0.25, 0.3) is 0 Å². The van der Waals surface area contributed by atoms with Gasteiger partial charge in [-0.15, -0.1) is 0 Å². The lowest BCUT2D eigenvalue weighted by Crippen LogP contribution is -2.38. The molecule has 0 spiro atoms. The van der Waals surface area contributed by atoms with E-state index >= 15 is 0 Å². The summed E-state index contributed by atoms with van der Waals surface area (Å²) in [6.07, 6.45) is -2.62. The Hall–Kier alpha value is -3.20. The predicted molar refractivity (Wildman–Crippen MR) is 110 cm³/mol. The first kappa shape index (κ1) is 23.1. The van der Waals surface area contributed by atoms with Gasteiger partial charge in [-0.2, -0.15) is 5.01 Å². The minimum atomic E-state index is -0.971. The molecule has 2 N–H and O–H groups in total. The van der Waals surface area contributed by atoms with E-state index in [-0.39, 0.29) is 23.6 Å². The van der Waals surface area contributed by atoms with Gasteiger partial charge in [0.1, 0.15) is 11.3 Å². The van der Waals surface area contributed by atoms with E-state index in [4.69, 9.17) is 25.8 Å².